The molecule has 1 saturated heterocycles. The molecule has 2 atom stereocenters. The summed E-state index contributed by atoms with van der Waals surface area (Å²) in [6.45, 7) is 6.10. The zero-order valence-electron chi connectivity index (χ0n) is 10.6. The van der Waals surface area contributed by atoms with Crippen molar-refractivity contribution in [3.8, 4) is 0 Å². The smallest absolute Gasteiger partial charge is 0.230 e. The van der Waals surface area contributed by atoms with Crippen LogP contribution in [0.4, 0.5) is 0 Å². The maximum atomic E-state index is 5.36. The fourth-order valence-electron chi connectivity index (χ4n) is 1.97. The van der Waals surface area contributed by atoms with E-state index in [0.29, 0.717) is 11.2 Å². The van der Waals surface area contributed by atoms with Crippen molar-refractivity contribution in [1.82, 2.24) is 15.5 Å². The summed E-state index contributed by atoms with van der Waals surface area (Å²) < 4.78 is 5.36. The Kier molecular flexibility index (Phi) is 4.86. The molecule has 0 aliphatic carbocycles. The summed E-state index contributed by atoms with van der Waals surface area (Å²) in [7, 11) is 0. The fraction of sp³-hybridized carbons (Fsp3) is 0.833. The molecule has 1 N–H and O–H groups in total. The van der Waals surface area contributed by atoms with Gasteiger partial charge in [0.15, 0.2) is 5.82 Å². The number of nitrogens with zero attached hydrogens (tertiary/aromatic N) is 2. The van der Waals surface area contributed by atoms with Gasteiger partial charge in [0.05, 0.1) is 5.25 Å². The lowest BCUT2D eigenvalue weighted by Gasteiger charge is -2.17. The Balaban J connectivity index is 1.94. The quantitative estimate of drug-likeness (QED) is 0.876. The van der Waals surface area contributed by atoms with Gasteiger partial charge in [0.25, 0.3) is 0 Å². The second kappa shape index (κ2) is 6.40. The highest BCUT2D eigenvalue weighted by Gasteiger charge is 2.22. The summed E-state index contributed by atoms with van der Waals surface area (Å²) in [5.74, 6) is 3.19. The number of thioether (sulfide) groups is 1. The van der Waals surface area contributed by atoms with Crippen molar-refractivity contribution in [1.29, 1.82) is 0 Å². The SMILES string of the molecule is CCNCC(C)c1nc(C2CCCCS2)no1. The van der Waals surface area contributed by atoms with Crippen molar-refractivity contribution in [3.63, 3.8) is 0 Å². The molecule has 5 heteroatoms. The predicted molar refractivity (Wildman–Crippen MR) is 70.3 cm³/mol. The Bertz CT molecular complexity index is 336. The van der Waals surface area contributed by atoms with E-state index in [9.17, 15) is 0 Å². The van der Waals surface area contributed by atoms with E-state index in [1.54, 1.807) is 0 Å². The van der Waals surface area contributed by atoms with E-state index < -0.39 is 0 Å². The predicted octanol–water partition coefficient (Wildman–Crippen LogP) is 2.74. The van der Waals surface area contributed by atoms with Crippen molar-refractivity contribution < 1.29 is 4.52 Å². The zero-order chi connectivity index (χ0) is 12.1. The van der Waals surface area contributed by atoms with E-state index in [4.69, 9.17) is 4.52 Å². The molecular weight excluding hydrogens is 234 g/mol. The average Bonchev–Trinajstić information content (AvgIpc) is 2.86. The summed E-state index contributed by atoms with van der Waals surface area (Å²) in [5, 5.41) is 7.89. The van der Waals surface area contributed by atoms with Crippen LogP contribution in [0, 0.1) is 0 Å². The molecule has 0 radical (unpaired) electrons. The van der Waals surface area contributed by atoms with Crippen LogP contribution in [0.25, 0.3) is 0 Å². The van der Waals surface area contributed by atoms with Crippen LogP contribution in [0.2, 0.25) is 0 Å². The number of nitrogens with one attached hydrogen (secondary N) is 1. The first-order chi connectivity index (χ1) is 8.31. The number of rotatable bonds is 5. The van der Waals surface area contributed by atoms with Crippen molar-refractivity contribution in [2.45, 2.75) is 44.3 Å². The zero-order valence-corrected chi connectivity index (χ0v) is 11.4. The van der Waals surface area contributed by atoms with Gasteiger partial charge in [-0.3, -0.25) is 0 Å². The summed E-state index contributed by atoms with van der Waals surface area (Å²) in [4.78, 5) is 4.55. The summed E-state index contributed by atoms with van der Waals surface area (Å²) in [6.07, 6.45) is 3.79. The lowest BCUT2D eigenvalue weighted by Crippen LogP contribution is -2.19. The molecule has 96 valence electrons. The molecule has 1 aliphatic heterocycles. The third-order valence-corrected chi connectivity index (χ3v) is 4.42. The van der Waals surface area contributed by atoms with E-state index in [1.165, 1.54) is 25.0 Å². The highest BCUT2D eigenvalue weighted by molar-refractivity contribution is 7.99. The molecule has 0 amide bonds. The molecule has 1 aromatic heterocycles. The molecule has 1 fully saturated rings. The summed E-state index contributed by atoms with van der Waals surface area (Å²) in [5.41, 5.74) is 0. The van der Waals surface area contributed by atoms with E-state index in [1.807, 2.05) is 11.8 Å². The number of aromatic nitrogens is 2. The minimum atomic E-state index is 0.296. The van der Waals surface area contributed by atoms with Crippen LogP contribution in [0.15, 0.2) is 4.52 Å². The highest BCUT2D eigenvalue weighted by Crippen LogP contribution is 2.36. The normalized spacial score (nSPS) is 22.6. The van der Waals surface area contributed by atoms with Gasteiger partial charge in [0.2, 0.25) is 5.89 Å². The Hall–Kier alpha value is -0.550. The van der Waals surface area contributed by atoms with E-state index >= 15 is 0 Å². The van der Waals surface area contributed by atoms with Crippen molar-refractivity contribution in [2.24, 2.45) is 0 Å². The average molecular weight is 255 g/mol. The van der Waals surface area contributed by atoms with Gasteiger partial charge < -0.3 is 9.84 Å². The molecule has 0 bridgehead atoms. The molecule has 2 rings (SSSR count). The molecule has 0 saturated carbocycles. The maximum Gasteiger partial charge on any atom is 0.230 e. The lowest BCUT2D eigenvalue weighted by molar-refractivity contribution is 0.350. The van der Waals surface area contributed by atoms with Gasteiger partial charge in [0, 0.05) is 12.5 Å². The third kappa shape index (κ3) is 3.45. The first-order valence-corrected chi connectivity index (χ1v) is 7.52. The molecule has 2 unspecified atom stereocenters. The van der Waals surface area contributed by atoms with Gasteiger partial charge in [-0.1, -0.05) is 25.4 Å². The second-order valence-electron chi connectivity index (χ2n) is 4.55. The van der Waals surface area contributed by atoms with Gasteiger partial charge in [-0.2, -0.15) is 16.7 Å². The van der Waals surface area contributed by atoms with Crippen LogP contribution in [0.5, 0.6) is 0 Å². The molecule has 2 heterocycles. The number of hydrogen-bond acceptors (Lipinski definition) is 5. The van der Waals surface area contributed by atoms with Gasteiger partial charge in [-0.25, -0.2) is 0 Å². The Morgan fingerprint density at radius 1 is 1.53 bits per heavy atom. The van der Waals surface area contributed by atoms with Crippen LogP contribution in [0.1, 0.15) is 56.0 Å². The maximum absolute atomic E-state index is 5.36. The molecule has 0 spiro atoms. The van der Waals surface area contributed by atoms with Gasteiger partial charge >= 0.3 is 0 Å². The fourth-order valence-corrected chi connectivity index (χ4v) is 3.20. The standard InChI is InChI=1S/C12H21N3OS/c1-3-13-8-9(2)12-14-11(15-16-12)10-6-4-5-7-17-10/h9-10,13H,3-8H2,1-2H3. The molecule has 17 heavy (non-hydrogen) atoms. The topological polar surface area (TPSA) is 51.0 Å². The minimum absolute atomic E-state index is 0.296. The monoisotopic (exact) mass is 255 g/mol. The molecular formula is C12H21N3OS. The highest BCUT2D eigenvalue weighted by atomic mass is 32.2. The number of likely N-dealkylation sites (N-methyl/N-ethyl adjacent to an activating group) is 1. The molecule has 0 aromatic carbocycles. The van der Waals surface area contributed by atoms with Crippen LogP contribution in [0.3, 0.4) is 0 Å². The second-order valence-corrected chi connectivity index (χ2v) is 5.87. The first kappa shape index (κ1) is 12.9. The summed E-state index contributed by atoms with van der Waals surface area (Å²) >= 11 is 1.96. The van der Waals surface area contributed by atoms with Crippen molar-refractivity contribution >= 4 is 11.8 Å². The van der Waals surface area contributed by atoms with Crippen molar-refractivity contribution in [2.75, 3.05) is 18.8 Å². The van der Waals surface area contributed by atoms with Gasteiger partial charge in [-0.15, -0.1) is 0 Å². The molecule has 4 nitrogen and oxygen atoms in total. The van der Waals surface area contributed by atoms with E-state index in [0.717, 1.165) is 24.8 Å². The lowest BCUT2D eigenvalue weighted by atomic mass is 10.1. The Morgan fingerprint density at radius 3 is 3.12 bits per heavy atom. The number of hydrogen-bond donors (Lipinski definition) is 1. The Morgan fingerprint density at radius 2 is 2.41 bits per heavy atom. The molecule has 1 aliphatic rings. The third-order valence-electron chi connectivity index (χ3n) is 3.05. The van der Waals surface area contributed by atoms with Crippen LogP contribution >= 0.6 is 11.8 Å². The first-order valence-electron chi connectivity index (χ1n) is 6.47. The van der Waals surface area contributed by atoms with Crippen molar-refractivity contribution in [3.05, 3.63) is 11.7 Å². The summed E-state index contributed by atoms with van der Waals surface area (Å²) in [6, 6.07) is 0. The van der Waals surface area contributed by atoms with E-state index in [2.05, 4.69) is 29.3 Å². The van der Waals surface area contributed by atoms with E-state index in [-0.39, 0.29) is 0 Å². The van der Waals surface area contributed by atoms with Gasteiger partial charge in [-0.05, 0) is 25.1 Å². The largest absolute Gasteiger partial charge is 0.339 e. The van der Waals surface area contributed by atoms with Gasteiger partial charge in [0.1, 0.15) is 0 Å². The molecule has 1 aromatic rings. The minimum Gasteiger partial charge on any atom is -0.339 e. The van der Waals surface area contributed by atoms with Crippen LogP contribution < -0.4 is 5.32 Å². The Labute approximate surface area is 107 Å². The van der Waals surface area contributed by atoms with Crippen LogP contribution in [-0.4, -0.2) is 29.0 Å². The van der Waals surface area contributed by atoms with Crippen LogP contribution in [-0.2, 0) is 0 Å².